The van der Waals surface area contributed by atoms with Gasteiger partial charge < -0.3 is 20.5 Å². The summed E-state index contributed by atoms with van der Waals surface area (Å²) in [5, 5.41) is 16.5. The molecule has 3 aromatic rings. The van der Waals surface area contributed by atoms with Crippen LogP contribution in [0.1, 0.15) is 27.0 Å². The van der Waals surface area contributed by atoms with Gasteiger partial charge in [0.1, 0.15) is 11.6 Å². The molecule has 0 radical (unpaired) electrons. The van der Waals surface area contributed by atoms with Crippen LogP contribution in [0.4, 0.5) is 17.6 Å². The molecule has 0 unspecified atom stereocenters. The lowest BCUT2D eigenvalue weighted by molar-refractivity contribution is -0.137. The maximum Gasteiger partial charge on any atom is 0.416 e. The van der Waals surface area contributed by atoms with E-state index in [0.717, 1.165) is 17.2 Å². The molecule has 0 fully saturated rings. The number of nitrogens with one attached hydrogen (secondary N) is 2. The second kappa shape index (κ2) is 11.8. The fraction of sp³-hybridized carbons (Fsp3) is 0.269. The summed E-state index contributed by atoms with van der Waals surface area (Å²) >= 11 is 0. The van der Waals surface area contributed by atoms with E-state index in [4.69, 9.17) is 4.74 Å². The molecule has 0 aromatic heterocycles. The van der Waals surface area contributed by atoms with E-state index in [1.54, 1.807) is 37.4 Å². The first-order chi connectivity index (χ1) is 16.7. The summed E-state index contributed by atoms with van der Waals surface area (Å²) < 4.78 is 58.2. The Labute approximate surface area is 200 Å². The number of carbonyl (C=O) groups excluding carboxylic acids is 1. The Morgan fingerprint density at radius 3 is 2.40 bits per heavy atom. The first kappa shape index (κ1) is 26.2. The largest absolute Gasteiger partial charge is 0.497 e. The molecule has 0 saturated heterocycles. The summed E-state index contributed by atoms with van der Waals surface area (Å²) in [6.07, 6.45) is -5.67. The first-order valence-corrected chi connectivity index (χ1v) is 10.9. The van der Waals surface area contributed by atoms with Gasteiger partial charge in [0, 0.05) is 18.7 Å². The van der Waals surface area contributed by atoms with Crippen LogP contribution in [-0.4, -0.2) is 36.8 Å². The second-order valence-corrected chi connectivity index (χ2v) is 8.05. The summed E-state index contributed by atoms with van der Waals surface area (Å²) in [7, 11) is 1.56. The van der Waals surface area contributed by atoms with Gasteiger partial charge >= 0.3 is 6.18 Å². The maximum atomic E-state index is 13.8. The maximum absolute atomic E-state index is 13.8. The van der Waals surface area contributed by atoms with Crippen LogP contribution in [0.25, 0.3) is 0 Å². The van der Waals surface area contributed by atoms with Gasteiger partial charge in [-0.3, -0.25) is 4.79 Å². The van der Waals surface area contributed by atoms with Crippen LogP contribution in [0.15, 0.2) is 72.8 Å². The Kier molecular flexibility index (Phi) is 8.84. The lowest BCUT2D eigenvalue weighted by atomic mass is 10.00. The lowest BCUT2D eigenvalue weighted by Crippen LogP contribution is -2.48. The van der Waals surface area contributed by atoms with Crippen molar-refractivity contribution in [1.29, 1.82) is 0 Å². The molecule has 1 amide bonds. The second-order valence-electron chi connectivity index (χ2n) is 8.05. The van der Waals surface area contributed by atoms with Crippen molar-refractivity contribution in [1.82, 2.24) is 10.6 Å². The zero-order valence-corrected chi connectivity index (χ0v) is 19.0. The van der Waals surface area contributed by atoms with Crippen LogP contribution in [0.5, 0.6) is 5.75 Å². The number of ether oxygens (including phenoxy) is 1. The number of hydrogen-bond acceptors (Lipinski definition) is 4. The fourth-order valence-electron chi connectivity index (χ4n) is 3.58. The van der Waals surface area contributed by atoms with Crippen molar-refractivity contribution in [2.75, 3.05) is 13.7 Å². The van der Waals surface area contributed by atoms with Gasteiger partial charge in [-0.15, -0.1) is 0 Å². The third kappa shape index (κ3) is 7.80. The van der Waals surface area contributed by atoms with E-state index in [0.29, 0.717) is 24.4 Å². The van der Waals surface area contributed by atoms with Crippen molar-refractivity contribution in [2.45, 2.75) is 31.3 Å². The molecule has 186 valence electrons. The minimum Gasteiger partial charge on any atom is -0.497 e. The Morgan fingerprint density at radius 2 is 1.71 bits per heavy atom. The summed E-state index contributed by atoms with van der Waals surface area (Å²) in [6.45, 7) is 0.505. The van der Waals surface area contributed by atoms with Crippen LogP contribution in [0.2, 0.25) is 0 Å². The standard InChI is InChI=1S/C26H26F4N2O3/c1-35-22-9-5-8-18(10-22)15-31-16-24(33)23(11-17-6-3-2-4-7-17)32-25(34)19-12-20(26(28,29)30)14-21(27)13-19/h2-10,12-14,23-24,31,33H,11,15-16H2,1H3,(H,32,34)/t23-,24+/m0/s1. The monoisotopic (exact) mass is 490 g/mol. The quantitative estimate of drug-likeness (QED) is 0.370. The van der Waals surface area contributed by atoms with E-state index in [2.05, 4.69) is 10.6 Å². The summed E-state index contributed by atoms with van der Waals surface area (Å²) in [5.74, 6) is -1.40. The summed E-state index contributed by atoms with van der Waals surface area (Å²) in [5.41, 5.74) is -0.0193. The predicted molar refractivity (Wildman–Crippen MR) is 124 cm³/mol. The van der Waals surface area contributed by atoms with Crippen LogP contribution in [0, 0.1) is 5.82 Å². The number of alkyl halides is 3. The number of hydrogen-bond donors (Lipinski definition) is 3. The van der Waals surface area contributed by atoms with Crippen molar-refractivity contribution < 1.29 is 32.2 Å². The Hall–Kier alpha value is -3.43. The van der Waals surface area contributed by atoms with Crippen molar-refractivity contribution in [2.24, 2.45) is 0 Å². The van der Waals surface area contributed by atoms with Crippen molar-refractivity contribution >= 4 is 5.91 Å². The molecular formula is C26H26F4N2O3. The zero-order valence-electron chi connectivity index (χ0n) is 19.0. The molecule has 5 nitrogen and oxygen atoms in total. The van der Waals surface area contributed by atoms with Crippen molar-refractivity contribution in [3.8, 4) is 5.75 Å². The van der Waals surface area contributed by atoms with Crippen molar-refractivity contribution in [3.05, 3.63) is 101 Å². The average molecular weight is 490 g/mol. The van der Waals surface area contributed by atoms with Gasteiger partial charge in [-0.2, -0.15) is 13.2 Å². The molecule has 2 atom stereocenters. The summed E-state index contributed by atoms with van der Waals surface area (Å²) in [6, 6.07) is 17.2. The van der Waals surface area contributed by atoms with Gasteiger partial charge in [-0.1, -0.05) is 42.5 Å². The molecule has 0 bridgehead atoms. The van der Waals surface area contributed by atoms with Crippen LogP contribution < -0.4 is 15.4 Å². The Bertz CT molecular complexity index is 1120. The minimum absolute atomic E-state index is 0.0892. The smallest absolute Gasteiger partial charge is 0.416 e. The highest BCUT2D eigenvalue weighted by molar-refractivity contribution is 5.94. The topological polar surface area (TPSA) is 70.6 Å². The van der Waals surface area contributed by atoms with E-state index in [-0.39, 0.29) is 13.0 Å². The fourth-order valence-corrected chi connectivity index (χ4v) is 3.58. The number of amides is 1. The molecule has 0 aliphatic carbocycles. The highest BCUT2D eigenvalue weighted by Crippen LogP contribution is 2.30. The number of carbonyl (C=O) groups is 1. The number of benzene rings is 3. The van der Waals surface area contributed by atoms with Crippen LogP contribution >= 0.6 is 0 Å². The third-order valence-electron chi connectivity index (χ3n) is 5.38. The van der Waals surface area contributed by atoms with Gasteiger partial charge in [-0.05, 0) is 47.9 Å². The number of rotatable bonds is 10. The normalized spacial score (nSPS) is 13.2. The molecular weight excluding hydrogens is 464 g/mol. The lowest BCUT2D eigenvalue weighted by Gasteiger charge is -2.25. The average Bonchev–Trinajstić information content (AvgIpc) is 2.83. The van der Waals surface area contributed by atoms with Gasteiger partial charge in [0.25, 0.3) is 5.91 Å². The van der Waals surface area contributed by atoms with E-state index >= 15 is 0 Å². The third-order valence-corrected chi connectivity index (χ3v) is 5.38. The molecule has 35 heavy (non-hydrogen) atoms. The van der Waals surface area contributed by atoms with Gasteiger partial charge in [0.15, 0.2) is 0 Å². The molecule has 3 aromatic carbocycles. The van der Waals surface area contributed by atoms with E-state index < -0.39 is 41.2 Å². The van der Waals surface area contributed by atoms with Crippen LogP contribution in [0.3, 0.4) is 0 Å². The van der Waals surface area contributed by atoms with Gasteiger partial charge in [0.2, 0.25) is 0 Å². The highest BCUT2D eigenvalue weighted by Gasteiger charge is 2.32. The summed E-state index contributed by atoms with van der Waals surface area (Å²) in [4.78, 5) is 12.8. The van der Waals surface area contributed by atoms with Crippen molar-refractivity contribution in [3.63, 3.8) is 0 Å². The highest BCUT2D eigenvalue weighted by atomic mass is 19.4. The van der Waals surface area contributed by atoms with E-state index in [1.807, 2.05) is 24.3 Å². The molecule has 3 rings (SSSR count). The van der Waals surface area contributed by atoms with Gasteiger partial charge in [0.05, 0.1) is 24.8 Å². The Balaban J connectivity index is 1.72. The molecule has 0 aliphatic rings. The van der Waals surface area contributed by atoms with Gasteiger partial charge in [-0.25, -0.2) is 4.39 Å². The number of halogens is 4. The van der Waals surface area contributed by atoms with Crippen LogP contribution in [-0.2, 0) is 19.1 Å². The van der Waals surface area contributed by atoms with E-state index in [1.165, 1.54) is 0 Å². The number of aliphatic hydroxyl groups excluding tert-OH is 1. The molecule has 3 N–H and O–H groups in total. The molecule has 0 aliphatic heterocycles. The molecule has 9 heteroatoms. The SMILES string of the molecule is COc1cccc(CNC[C@@H](O)[C@H](Cc2ccccc2)NC(=O)c2cc(F)cc(C(F)(F)F)c2)c1. The van der Waals surface area contributed by atoms with E-state index in [9.17, 15) is 27.5 Å². The molecule has 0 saturated carbocycles. The minimum atomic E-state index is -4.80. The Morgan fingerprint density at radius 1 is 1.00 bits per heavy atom. The molecule has 0 spiro atoms. The number of aliphatic hydroxyl groups is 1. The first-order valence-electron chi connectivity index (χ1n) is 10.9. The predicted octanol–water partition coefficient (Wildman–Crippen LogP) is 4.34. The molecule has 0 heterocycles. The number of methoxy groups -OCH3 is 1. The zero-order chi connectivity index (χ0) is 25.4.